The minimum absolute atomic E-state index is 0.173. The lowest BCUT2D eigenvalue weighted by molar-refractivity contribution is -0.136. The van der Waals surface area contributed by atoms with Crippen LogP contribution in [0.1, 0.15) is 6.42 Å². The lowest BCUT2D eigenvalue weighted by atomic mass is 10.3. The molecule has 1 aliphatic rings. The number of benzene rings is 1. The van der Waals surface area contributed by atoms with Gasteiger partial charge >= 0.3 is 0 Å². The van der Waals surface area contributed by atoms with E-state index in [0.717, 1.165) is 24.5 Å². The number of carbonyl (C=O) groups is 1. The summed E-state index contributed by atoms with van der Waals surface area (Å²) in [5.41, 5.74) is 0. The molecule has 0 N–H and O–H groups in total. The van der Waals surface area contributed by atoms with E-state index < -0.39 is 0 Å². The van der Waals surface area contributed by atoms with Gasteiger partial charge in [-0.3, -0.25) is 9.69 Å². The SMILES string of the molecule is COc1ccc(OCCCN(C)CC(=O)N2CCOCC2)cc1. The maximum Gasteiger partial charge on any atom is 0.236 e. The van der Waals surface area contributed by atoms with E-state index in [9.17, 15) is 4.79 Å². The van der Waals surface area contributed by atoms with Gasteiger partial charge in [-0.15, -0.1) is 0 Å². The van der Waals surface area contributed by atoms with Gasteiger partial charge in [0.25, 0.3) is 0 Å². The number of morpholine rings is 1. The molecule has 0 aliphatic carbocycles. The largest absolute Gasteiger partial charge is 0.497 e. The molecular formula is C17H26N2O4. The smallest absolute Gasteiger partial charge is 0.236 e. The maximum atomic E-state index is 12.1. The number of likely N-dealkylation sites (N-methyl/N-ethyl adjacent to an activating group) is 1. The molecule has 0 unspecified atom stereocenters. The van der Waals surface area contributed by atoms with E-state index in [1.807, 2.05) is 41.1 Å². The van der Waals surface area contributed by atoms with Crippen LogP contribution in [0.25, 0.3) is 0 Å². The van der Waals surface area contributed by atoms with Crippen molar-refractivity contribution in [2.24, 2.45) is 0 Å². The lowest BCUT2D eigenvalue weighted by Crippen LogP contribution is -2.45. The molecule has 1 heterocycles. The third-order valence-corrected chi connectivity index (χ3v) is 3.78. The van der Waals surface area contributed by atoms with Crippen LogP contribution < -0.4 is 9.47 Å². The highest BCUT2D eigenvalue weighted by Gasteiger charge is 2.17. The second-order valence-corrected chi connectivity index (χ2v) is 5.61. The second kappa shape index (κ2) is 9.37. The maximum absolute atomic E-state index is 12.1. The summed E-state index contributed by atoms with van der Waals surface area (Å²) in [6.45, 7) is 4.59. The van der Waals surface area contributed by atoms with Crippen LogP contribution in [0.2, 0.25) is 0 Å². The van der Waals surface area contributed by atoms with Crippen LogP contribution in [0, 0.1) is 0 Å². The molecule has 0 aromatic heterocycles. The Kier molecular flexibility index (Phi) is 7.16. The van der Waals surface area contributed by atoms with Gasteiger partial charge in [0.2, 0.25) is 5.91 Å². The number of rotatable bonds is 8. The van der Waals surface area contributed by atoms with E-state index in [0.29, 0.717) is 39.5 Å². The van der Waals surface area contributed by atoms with Crippen molar-refractivity contribution in [2.45, 2.75) is 6.42 Å². The molecule has 1 aromatic carbocycles. The zero-order valence-corrected chi connectivity index (χ0v) is 14.0. The Morgan fingerprint density at radius 1 is 1.22 bits per heavy atom. The molecule has 6 nitrogen and oxygen atoms in total. The van der Waals surface area contributed by atoms with Gasteiger partial charge < -0.3 is 19.1 Å². The number of hydrogen-bond acceptors (Lipinski definition) is 5. The first kappa shape index (κ1) is 17.6. The molecule has 1 fully saturated rings. The van der Waals surface area contributed by atoms with Gasteiger partial charge in [-0.05, 0) is 37.7 Å². The van der Waals surface area contributed by atoms with Crippen LogP contribution in [-0.4, -0.2) is 75.9 Å². The summed E-state index contributed by atoms with van der Waals surface area (Å²) in [6.07, 6.45) is 0.874. The molecular weight excluding hydrogens is 296 g/mol. The van der Waals surface area contributed by atoms with Crippen molar-refractivity contribution in [2.75, 3.05) is 60.2 Å². The molecule has 0 spiro atoms. The van der Waals surface area contributed by atoms with Crippen molar-refractivity contribution in [3.8, 4) is 11.5 Å². The molecule has 1 amide bonds. The minimum Gasteiger partial charge on any atom is -0.497 e. The summed E-state index contributed by atoms with van der Waals surface area (Å²) in [4.78, 5) is 16.0. The van der Waals surface area contributed by atoms with Crippen LogP contribution in [0.3, 0.4) is 0 Å². The quantitative estimate of drug-likeness (QED) is 0.674. The van der Waals surface area contributed by atoms with E-state index in [-0.39, 0.29) is 5.91 Å². The molecule has 128 valence electrons. The van der Waals surface area contributed by atoms with E-state index in [1.165, 1.54) is 0 Å². The van der Waals surface area contributed by atoms with Gasteiger partial charge in [-0.2, -0.15) is 0 Å². The Labute approximate surface area is 137 Å². The number of hydrogen-bond donors (Lipinski definition) is 0. The third kappa shape index (κ3) is 6.08. The van der Waals surface area contributed by atoms with E-state index >= 15 is 0 Å². The van der Waals surface area contributed by atoms with Crippen molar-refractivity contribution in [1.29, 1.82) is 0 Å². The van der Waals surface area contributed by atoms with Gasteiger partial charge in [0.15, 0.2) is 0 Å². The fraction of sp³-hybridized carbons (Fsp3) is 0.588. The number of carbonyl (C=O) groups excluding carboxylic acids is 1. The normalized spacial score (nSPS) is 14.8. The van der Waals surface area contributed by atoms with Gasteiger partial charge in [0, 0.05) is 19.6 Å². The summed E-state index contributed by atoms with van der Waals surface area (Å²) >= 11 is 0. The van der Waals surface area contributed by atoms with E-state index in [1.54, 1.807) is 7.11 Å². The van der Waals surface area contributed by atoms with Crippen molar-refractivity contribution in [3.63, 3.8) is 0 Å². The highest BCUT2D eigenvalue weighted by molar-refractivity contribution is 5.78. The zero-order valence-electron chi connectivity index (χ0n) is 14.0. The highest BCUT2D eigenvalue weighted by atomic mass is 16.5. The standard InChI is InChI=1S/C17H26N2O4/c1-18(14-17(20)19-9-12-22-13-10-19)8-3-11-23-16-6-4-15(21-2)5-7-16/h4-7H,3,8-14H2,1-2H3. The van der Waals surface area contributed by atoms with Crippen molar-refractivity contribution in [1.82, 2.24) is 9.80 Å². The second-order valence-electron chi connectivity index (χ2n) is 5.61. The highest BCUT2D eigenvalue weighted by Crippen LogP contribution is 2.17. The first-order valence-electron chi connectivity index (χ1n) is 8.00. The molecule has 1 aliphatic heterocycles. The molecule has 0 saturated carbocycles. The number of ether oxygens (including phenoxy) is 3. The average Bonchev–Trinajstić information content (AvgIpc) is 2.60. The fourth-order valence-electron chi connectivity index (χ4n) is 2.42. The Hall–Kier alpha value is -1.79. The first-order chi connectivity index (χ1) is 11.2. The van der Waals surface area contributed by atoms with Gasteiger partial charge in [-0.1, -0.05) is 0 Å². The Bertz CT molecular complexity index is 472. The summed E-state index contributed by atoms with van der Waals surface area (Å²) in [5, 5.41) is 0. The summed E-state index contributed by atoms with van der Waals surface area (Å²) < 4.78 is 16.0. The first-order valence-corrected chi connectivity index (χ1v) is 8.00. The number of amides is 1. The predicted octanol–water partition coefficient (Wildman–Crippen LogP) is 1.25. The molecule has 6 heteroatoms. The zero-order chi connectivity index (χ0) is 16.5. The van der Waals surface area contributed by atoms with Crippen LogP contribution >= 0.6 is 0 Å². The Morgan fingerprint density at radius 3 is 2.52 bits per heavy atom. The monoisotopic (exact) mass is 322 g/mol. The predicted molar refractivity (Wildman–Crippen MR) is 88.0 cm³/mol. The molecule has 0 bridgehead atoms. The topological polar surface area (TPSA) is 51.2 Å². The third-order valence-electron chi connectivity index (χ3n) is 3.78. The van der Waals surface area contributed by atoms with Crippen LogP contribution in [0.5, 0.6) is 11.5 Å². The van der Waals surface area contributed by atoms with Gasteiger partial charge in [0.1, 0.15) is 11.5 Å². The minimum atomic E-state index is 0.173. The Morgan fingerprint density at radius 2 is 1.87 bits per heavy atom. The lowest BCUT2D eigenvalue weighted by Gasteiger charge is -2.28. The Balaban J connectivity index is 1.60. The van der Waals surface area contributed by atoms with Crippen LogP contribution in [-0.2, 0) is 9.53 Å². The molecule has 1 aromatic rings. The molecule has 2 rings (SSSR count). The van der Waals surface area contributed by atoms with Crippen molar-refractivity contribution >= 4 is 5.91 Å². The fourth-order valence-corrected chi connectivity index (χ4v) is 2.42. The number of methoxy groups -OCH3 is 1. The van der Waals surface area contributed by atoms with Crippen molar-refractivity contribution in [3.05, 3.63) is 24.3 Å². The van der Waals surface area contributed by atoms with Gasteiger partial charge in [-0.25, -0.2) is 0 Å². The summed E-state index contributed by atoms with van der Waals surface area (Å²) in [6, 6.07) is 7.54. The van der Waals surface area contributed by atoms with E-state index in [2.05, 4.69) is 0 Å². The van der Waals surface area contributed by atoms with Crippen LogP contribution in [0.15, 0.2) is 24.3 Å². The molecule has 0 radical (unpaired) electrons. The van der Waals surface area contributed by atoms with Crippen molar-refractivity contribution < 1.29 is 19.0 Å². The number of nitrogens with zero attached hydrogens (tertiary/aromatic N) is 2. The summed E-state index contributed by atoms with van der Waals surface area (Å²) in [7, 11) is 3.61. The molecule has 0 atom stereocenters. The van der Waals surface area contributed by atoms with Gasteiger partial charge in [0.05, 0.1) is 33.5 Å². The van der Waals surface area contributed by atoms with E-state index in [4.69, 9.17) is 14.2 Å². The molecule has 1 saturated heterocycles. The van der Waals surface area contributed by atoms with Crippen LogP contribution in [0.4, 0.5) is 0 Å². The summed E-state index contributed by atoms with van der Waals surface area (Å²) in [5.74, 6) is 1.82. The average molecular weight is 322 g/mol. The molecule has 23 heavy (non-hydrogen) atoms.